The number of anilines is 1. The van der Waals surface area contributed by atoms with Crippen molar-refractivity contribution in [2.24, 2.45) is 0 Å². The topological polar surface area (TPSA) is 105 Å². The number of furan rings is 1. The van der Waals surface area contributed by atoms with Crippen molar-refractivity contribution < 1.29 is 14.3 Å². The fraction of sp³-hybridized carbons (Fsp3) is 0.188. The highest BCUT2D eigenvalue weighted by atomic mass is 16.4. The molecular formula is C16H17N5O3. The molecule has 0 spiro atoms. The molecule has 0 radical (unpaired) electrons. The smallest absolute Gasteiger partial charge is 0.321 e. The van der Waals surface area contributed by atoms with Crippen molar-refractivity contribution in [2.45, 2.75) is 12.6 Å². The molecule has 3 aromatic rings. The van der Waals surface area contributed by atoms with Crippen LogP contribution in [-0.2, 0) is 6.54 Å². The average molecular weight is 327 g/mol. The number of carbonyl (C=O) groups excluding carboxylic acids is 1. The second-order valence-electron chi connectivity index (χ2n) is 5.13. The van der Waals surface area contributed by atoms with Gasteiger partial charge < -0.3 is 14.8 Å². The minimum absolute atomic E-state index is 0.0200. The van der Waals surface area contributed by atoms with Gasteiger partial charge in [0.25, 0.3) is 0 Å². The van der Waals surface area contributed by atoms with Gasteiger partial charge in [0.05, 0.1) is 19.4 Å². The number of benzene rings is 1. The van der Waals surface area contributed by atoms with Gasteiger partial charge in [0.15, 0.2) is 0 Å². The van der Waals surface area contributed by atoms with Crippen molar-refractivity contribution in [3.05, 3.63) is 66.4 Å². The van der Waals surface area contributed by atoms with Crippen molar-refractivity contribution in [2.75, 3.05) is 11.9 Å². The van der Waals surface area contributed by atoms with Crippen LogP contribution in [0.4, 0.5) is 10.7 Å². The van der Waals surface area contributed by atoms with E-state index in [0.717, 1.165) is 5.56 Å². The zero-order valence-electron chi connectivity index (χ0n) is 12.8. The van der Waals surface area contributed by atoms with Crippen molar-refractivity contribution in [1.29, 1.82) is 0 Å². The van der Waals surface area contributed by atoms with Gasteiger partial charge >= 0.3 is 6.03 Å². The number of carbonyl (C=O) groups is 1. The first-order valence-corrected chi connectivity index (χ1v) is 7.40. The van der Waals surface area contributed by atoms with E-state index in [-0.39, 0.29) is 6.54 Å². The first kappa shape index (κ1) is 15.8. The summed E-state index contributed by atoms with van der Waals surface area (Å²) in [6.07, 6.45) is 2.10. The lowest BCUT2D eigenvalue weighted by atomic mass is 10.2. The number of nitrogens with one attached hydrogen (secondary N) is 2. The Morgan fingerprint density at radius 2 is 2.08 bits per heavy atom. The van der Waals surface area contributed by atoms with Gasteiger partial charge in [0.1, 0.15) is 18.2 Å². The van der Waals surface area contributed by atoms with Gasteiger partial charge in [-0.1, -0.05) is 30.3 Å². The van der Waals surface area contributed by atoms with Crippen LogP contribution < -0.4 is 10.6 Å². The molecular weight excluding hydrogens is 310 g/mol. The normalized spacial score (nSPS) is 11.9. The molecule has 24 heavy (non-hydrogen) atoms. The van der Waals surface area contributed by atoms with E-state index in [1.165, 1.54) is 6.26 Å². The quantitative estimate of drug-likeness (QED) is 0.640. The predicted octanol–water partition coefficient (Wildman–Crippen LogP) is 1.77. The SMILES string of the molecule is O=C(NC[C@H](O)c1ccco1)Nc1nncn1Cc1ccccc1. The molecule has 0 aliphatic heterocycles. The minimum atomic E-state index is -0.909. The van der Waals surface area contributed by atoms with E-state index in [0.29, 0.717) is 18.3 Å². The lowest BCUT2D eigenvalue weighted by Gasteiger charge is -2.11. The van der Waals surface area contributed by atoms with E-state index in [1.54, 1.807) is 23.0 Å². The summed E-state index contributed by atoms with van der Waals surface area (Å²) < 4.78 is 6.79. The minimum Gasteiger partial charge on any atom is -0.467 e. The van der Waals surface area contributed by atoms with Gasteiger partial charge in [-0.2, -0.15) is 0 Å². The molecule has 0 bridgehead atoms. The summed E-state index contributed by atoms with van der Waals surface area (Å²) in [5, 5.41) is 22.7. The van der Waals surface area contributed by atoms with Crippen LogP contribution in [0.25, 0.3) is 0 Å². The van der Waals surface area contributed by atoms with Crippen LogP contribution >= 0.6 is 0 Å². The van der Waals surface area contributed by atoms with Crippen LogP contribution in [0.2, 0.25) is 0 Å². The number of aliphatic hydroxyl groups excluding tert-OH is 1. The highest BCUT2D eigenvalue weighted by Crippen LogP contribution is 2.12. The third-order valence-electron chi connectivity index (χ3n) is 3.36. The van der Waals surface area contributed by atoms with Crippen molar-refractivity contribution >= 4 is 12.0 Å². The molecule has 1 aromatic carbocycles. The number of aliphatic hydroxyl groups is 1. The molecule has 0 unspecified atom stereocenters. The molecule has 3 rings (SSSR count). The number of rotatable bonds is 6. The summed E-state index contributed by atoms with van der Waals surface area (Å²) in [6, 6.07) is 12.6. The van der Waals surface area contributed by atoms with E-state index in [4.69, 9.17) is 4.42 Å². The van der Waals surface area contributed by atoms with E-state index in [9.17, 15) is 9.90 Å². The molecule has 2 aromatic heterocycles. The van der Waals surface area contributed by atoms with Crippen LogP contribution in [0.5, 0.6) is 0 Å². The van der Waals surface area contributed by atoms with Crippen molar-refractivity contribution in [3.8, 4) is 0 Å². The molecule has 2 amide bonds. The lowest BCUT2D eigenvalue weighted by molar-refractivity contribution is 0.149. The van der Waals surface area contributed by atoms with E-state index >= 15 is 0 Å². The van der Waals surface area contributed by atoms with E-state index < -0.39 is 12.1 Å². The molecule has 8 heteroatoms. The highest BCUT2D eigenvalue weighted by molar-refractivity contribution is 5.87. The van der Waals surface area contributed by atoms with Gasteiger partial charge in [-0.05, 0) is 17.7 Å². The number of amides is 2. The third-order valence-corrected chi connectivity index (χ3v) is 3.36. The summed E-state index contributed by atoms with van der Waals surface area (Å²) in [4.78, 5) is 11.9. The molecule has 1 atom stereocenters. The Morgan fingerprint density at radius 1 is 1.25 bits per heavy atom. The van der Waals surface area contributed by atoms with Crippen LogP contribution in [0.3, 0.4) is 0 Å². The summed E-state index contributed by atoms with van der Waals surface area (Å²) in [5.41, 5.74) is 1.06. The van der Waals surface area contributed by atoms with Gasteiger partial charge in [-0.25, -0.2) is 4.79 Å². The monoisotopic (exact) mass is 327 g/mol. The summed E-state index contributed by atoms with van der Waals surface area (Å²) in [7, 11) is 0. The molecule has 124 valence electrons. The summed E-state index contributed by atoms with van der Waals surface area (Å²) >= 11 is 0. The average Bonchev–Trinajstić information content (AvgIpc) is 3.26. The fourth-order valence-corrected chi connectivity index (χ4v) is 2.16. The molecule has 0 saturated carbocycles. The van der Waals surface area contributed by atoms with Crippen LogP contribution in [0, 0.1) is 0 Å². The summed E-state index contributed by atoms with van der Waals surface area (Å²) in [5.74, 6) is 0.714. The van der Waals surface area contributed by atoms with Crippen molar-refractivity contribution in [1.82, 2.24) is 20.1 Å². The molecule has 2 heterocycles. The fourth-order valence-electron chi connectivity index (χ4n) is 2.16. The maximum Gasteiger partial charge on any atom is 0.321 e. The first-order chi connectivity index (χ1) is 11.7. The number of hydrogen-bond acceptors (Lipinski definition) is 5. The van der Waals surface area contributed by atoms with Crippen LogP contribution in [-0.4, -0.2) is 32.4 Å². The Morgan fingerprint density at radius 3 is 2.83 bits per heavy atom. The third kappa shape index (κ3) is 3.99. The predicted molar refractivity (Wildman–Crippen MR) is 86.3 cm³/mol. The Bertz CT molecular complexity index is 770. The zero-order valence-corrected chi connectivity index (χ0v) is 12.8. The molecule has 8 nitrogen and oxygen atoms in total. The highest BCUT2D eigenvalue weighted by Gasteiger charge is 2.13. The van der Waals surface area contributed by atoms with E-state index in [2.05, 4.69) is 20.8 Å². The van der Waals surface area contributed by atoms with Crippen molar-refractivity contribution in [3.63, 3.8) is 0 Å². The first-order valence-electron chi connectivity index (χ1n) is 7.40. The van der Waals surface area contributed by atoms with E-state index in [1.807, 2.05) is 30.3 Å². The standard InChI is InChI=1S/C16H17N5O3/c22-13(14-7-4-8-24-14)9-17-16(23)19-15-20-18-11-21(15)10-12-5-2-1-3-6-12/h1-8,11,13,22H,9-10H2,(H2,17,19,20,23)/t13-/m0/s1. The van der Waals surface area contributed by atoms with Crippen LogP contribution in [0.1, 0.15) is 17.4 Å². The molecule has 0 saturated heterocycles. The molecule has 0 fully saturated rings. The number of hydrogen-bond donors (Lipinski definition) is 3. The number of aromatic nitrogens is 3. The maximum absolute atomic E-state index is 11.9. The Balaban J connectivity index is 1.54. The van der Waals surface area contributed by atoms with Crippen LogP contribution in [0.15, 0.2) is 59.5 Å². The Hall–Kier alpha value is -3.13. The van der Waals surface area contributed by atoms with Gasteiger partial charge in [-0.15, -0.1) is 10.2 Å². The van der Waals surface area contributed by atoms with Gasteiger partial charge in [0.2, 0.25) is 5.95 Å². The maximum atomic E-state index is 11.9. The molecule has 0 aliphatic carbocycles. The largest absolute Gasteiger partial charge is 0.467 e. The summed E-state index contributed by atoms with van der Waals surface area (Å²) in [6.45, 7) is 0.560. The number of urea groups is 1. The molecule has 0 aliphatic rings. The molecule has 3 N–H and O–H groups in total. The van der Waals surface area contributed by atoms with Gasteiger partial charge in [-0.3, -0.25) is 9.88 Å². The van der Waals surface area contributed by atoms with Gasteiger partial charge in [0, 0.05) is 0 Å². The zero-order chi connectivity index (χ0) is 16.8. The second kappa shape index (κ2) is 7.42. The number of nitrogens with zero attached hydrogens (tertiary/aromatic N) is 3. The second-order valence-corrected chi connectivity index (χ2v) is 5.13. The lowest BCUT2D eigenvalue weighted by Crippen LogP contribution is -2.33. The Kier molecular flexibility index (Phi) is 4.87. The Labute approximate surface area is 138 Å².